The Morgan fingerprint density at radius 3 is 2.57 bits per heavy atom. The summed E-state index contributed by atoms with van der Waals surface area (Å²) in [6.45, 7) is 3.38. The molecular weight excluding hydrogens is 318 g/mol. The van der Waals surface area contributed by atoms with Crippen molar-refractivity contribution >= 4 is 26.7 Å². The fourth-order valence-corrected chi connectivity index (χ4v) is 4.29. The fourth-order valence-electron chi connectivity index (χ4n) is 2.63. The highest BCUT2D eigenvalue weighted by molar-refractivity contribution is 7.91. The van der Waals surface area contributed by atoms with Crippen LogP contribution in [0, 0.1) is 13.8 Å². The minimum absolute atomic E-state index is 0.000329. The van der Waals surface area contributed by atoms with Gasteiger partial charge in [-0.25, -0.2) is 13.2 Å². The molecule has 0 radical (unpaired) electrons. The lowest BCUT2D eigenvalue weighted by Gasteiger charge is -2.07. The molecule has 8 heteroatoms. The summed E-state index contributed by atoms with van der Waals surface area (Å²) in [5.74, 6) is -1.17. The number of aryl methyl sites for hydroxylation is 1. The Bertz CT molecular complexity index is 1040. The van der Waals surface area contributed by atoms with Crippen LogP contribution in [0.1, 0.15) is 21.7 Å². The van der Waals surface area contributed by atoms with Gasteiger partial charge in [-0.2, -0.15) is 5.10 Å². The summed E-state index contributed by atoms with van der Waals surface area (Å²) in [6.07, 6.45) is 1.56. The van der Waals surface area contributed by atoms with Crippen LogP contribution in [0.2, 0.25) is 0 Å². The molecule has 7 nitrogen and oxygen atoms in total. The molecular formula is C15H15N3O4S. The summed E-state index contributed by atoms with van der Waals surface area (Å²) in [7, 11) is -2.29. The van der Waals surface area contributed by atoms with E-state index in [1.807, 2.05) is 0 Å². The van der Waals surface area contributed by atoms with Crippen molar-refractivity contribution in [2.24, 2.45) is 7.05 Å². The summed E-state index contributed by atoms with van der Waals surface area (Å²) < 4.78 is 27.2. The molecule has 0 aliphatic carbocycles. The van der Waals surface area contributed by atoms with E-state index < -0.39 is 15.8 Å². The molecule has 0 bridgehead atoms. The second-order valence-corrected chi connectivity index (χ2v) is 7.34. The van der Waals surface area contributed by atoms with E-state index in [2.05, 4.69) is 10.2 Å². The van der Waals surface area contributed by atoms with Gasteiger partial charge in [-0.05, 0) is 37.6 Å². The molecule has 2 N–H and O–H groups in total. The molecule has 3 rings (SSSR count). The molecule has 1 aromatic carbocycles. The molecule has 0 aliphatic rings. The van der Waals surface area contributed by atoms with Gasteiger partial charge in [-0.3, -0.25) is 5.10 Å². The summed E-state index contributed by atoms with van der Waals surface area (Å²) in [6, 6.07) is 4.29. The number of rotatable bonds is 3. The number of aromatic carboxylic acids is 1. The first kappa shape index (κ1) is 15.3. The van der Waals surface area contributed by atoms with Crippen molar-refractivity contribution in [2.45, 2.75) is 23.6 Å². The van der Waals surface area contributed by atoms with Crippen LogP contribution in [0.4, 0.5) is 0 Å². The average molecular weight is 333 g/mol. The van der Waals surface area contributed by atoms with Crippen LogP contribution in [-0.4, -0.2) is 34.3 Å². The second-order valence-electron chi connectivity index (χ2n) is 5.42. The van der Waals surface area contributed by atoms with Crippen molar-refractivity contribution in [3.63, 3.8) is 0 Å². The smallest absolute Gasteiger partial charge is 0.352 e. The van der Waals surface area contributed by atoms with Crippen molar-refractivity contribution in [3.8, 4) is 0 Å². The van der Waals surface area contributed by atoms with E-state index in [4.69, 9.17) is 5.11 Å². The highest BCUT2D eigenvalue weighted by atomic mass is 32.2. The predicted octanol–water partition coefficient (Wildman–Crippen LogP) is 2.05. The molecule has 0 fully saturated rings. The number of aromatic nitrogens is 3. The van der Waals surface area contributed by atoms with E-state index in [0.717, 1.165) is 11.1 Å². The first-order valence-electron chi connectivity index (χ1n) is 6.82. The monoisotopic (exact) mass is 333 g/mol. The van der Waals surface area contributed by atoms with Gasteiger partial charge in [0.2, 0.25) is 9.84 Å². The van der Waals surface area contributed by atoms with Gasteiger partial charge in [-0.15, -0.1) is 0 Å². The number of carboxylic acid groups (broad SMARTS) is 1. The van der Waals surface area contributed by atoms with Gasteiger partial charge in [0.05, 0.1) is 21.5 Å². The van der Waals surface area contributed by atoms with Gasteiger partial charge in [0, 0.05) is 18.1 Å². The molecule has 3 aromatic rings. The molecule has 0 atom stereocenters. The van der Waals surface area contributed by atoms with Gasteiger partial charge in [0.1, 0.15) is 5.69 Å². The van der Waals surface area contributed by atoms with Crippen LogP contribution < -0.4 is 0 Å². The number of carbonyl (C=O) groups is 1. The molecule has 0 saturated carbocycles. The van der Waals surface area contributed by atoms with Crippen molar-refractivity contribution in [1.29, 1.82) is 0 Å². The lowest BCUT2D eigenvalue weighted by molar-refractivity contribution is 0.0686. The predicted molar refractivity (Wildman–Crippen MR) is 83.4 cm³/mol. The third-order valence-corrected chi connectivity index (χ3v) is 5.88. The van der Waals surface area contributed by atoms with Crippen LogP contribution >= 0.6 is 0 Å². The Labute approximate surface area is 132 Å². The zero-order chi connectivity index (χ0) is 16.9. The molecule has 2 heterocycles. The minimum Gasteiger partial charge on any atom is -0.477 e. The summed E-state index contributed by atoms with van der Waals surface area (Å²) in [4.78, 5) is 11.3. The van der Waals surface area contributed by atoms with Crippen LogP contribution in [0.5, 0.6) is 0 Å². The SMILES string of the molecule is Cc1cc(S(=O)(=O)c2cc(C(=O)O)n(C)c2C)cc2cn[nH]c12. The van der Waals surface area contributed by atoms with E-state index >= 15 is 0 Å². The van der Waals surface area contributed by atoms with E-state index in [1.165, 1.54) is 23.7 Å². The number of nitrogens with one attached hydrogen (secondary N) is 1. The fraction of sp³-hybridized carbons (Fsp3) is 0.200. The number of fused-ring (bicyclic) bond motifs is 1. The normalized spacial score (nSPS) is 12.0. The summed E-state index contributed by atoms with van der Waals surface area (Å²) >= 11 is 0. The summed E-state index contributed by atoms with van der Waals surface area (Å²) in [5.41, 5.74) is 1.85. The Balaban J connectivity index is 2.25. The molecule has 0 unspecified atom stereocenters. The van der Waals surface area contributed by atoms with Crippen LogP contribution in [-0.2, 0) is 16.9 Å². The highest BCUT2D eigenvalue weighted by Gasteiger charge is 2.26. The van der Waals surface area contributed by atoms with Gasteiger partial charge in [0.15, 0.2) is 0 Å². The van der Waals surface area contributed by atoms with Gasteiger partial charge >= 0.3 is 5.97 Å². The zero-order valence-corrected chi connectivity index (χ0v) is 13.6. The molecule has 0 aliphatic heterocycles. The standard InChI is InChI=1S/C15H15N3O4S/c1-8-4-11(5-10-7-16-17-14(8)10)23(21,22)13-6-12(15(19)20)18(3)9(13)2/h4-7H,1-3H3,(H,16,17)(H,19,20). The number of hydrogen-bond donors (Lipinski definition) is 2. The maximum atomic E-state index is 12.9. The second kappa shape index (κ2) is 4.95. The van der Waals surface area contributed by atoms with Gasteiger partial charge < -0.3 is 9.67 Å². The van der Waals surface area contributed by atoms with Crippen molar-refractivity contribution < 1.29 is 18.3 Å². The molecule has 0 spiro atoms. The molecule has 23 heavy (non-hydrogen) atoms. The van der Waals surface area contributed by atoms with Gasteiger partial charge in [-0.1, -0.05) is 0 Å². The number of aromatic amines is 1. The Morgan fingerprint density at radius 2 is 1.96 bits per heavy atom. The molecule has 2 aromatic heterocycles. The maximum Gasteiger partial charge on any atom is 0.352 e. The van der Waals surface area contributed by atoms with Crippen LogP contribution in [0.3, 0.4) is 0 Å². The highest BCUT2D eigenvalue weighted by Crippen LogP contribution is 2.29. The number of carboxylic acids is 1. The van der Waals surface area contributed by atoms with E-state index in [0.29, 0.717) is 11.1 Å². The Kier molecular flexibility index (Phi) is 3.29. The zero-order valence-electron chi connectivity index (χ0n) is 12.8. The van der Waals surface area contributed by atoms with Gasteiger partial charge in [0.25, 0.3) is 0 Å². The minimum atomic E-state index is -3.82. The molecule has 120 valence electrons. The average Bonchev–Trinajstić information content (AvgIpc) is 3.05. The third-order valence-electron chi connectivity index (χ3n) is 4.03. The number of benzene rings is 1. The van der Waals surface area contributed by atoms with Crippen molar-refractivity contribution in [3.05, 3.63) is 41.3 Å². The quantitative estimate of drug-likeness (QED) is 0.763. The van der Waals surface area contributed by atoms with E-state index in [-0.39, 0.29) is 15.5 Å². The Hall–Kier alpha value is -2.61. The molecule has 0 amide bonds. The van der Waals surface area contributed by atoms with Crippen molar-refractivity contribution in [2.75, 3.05) is 0 Å². The Morgan fingerprint density at radius 1 is 1.26 bits per heavy atom. The van der Waals surface area contributed by atoms with E-state index in [9.17, 15) is 13.2 Å². The first-order valence-corrected chi connectivity index (χ1v) is 8.30. The molecule has 0 saturated heterocycles. The number of H-pyrrole nitrogens is 1. The largest absolute Gasteiger partial charge is 0.477 e. The topological polar surface area (TPSA) is 105 Å². The van der Waals surface area contributed by atoms with Crippen LogP contribution in [0.15, 0.2) is 34.2 Å². The number of sulfone groups is 1. The third kappa shape index (κ3) is 2.22. The van der Waals surface area contributed by atoms with Crippen LogP contribution in [0.25, 0.3) is 10.9 Å². The summed E-state index contributed by atoms with van der Waals surface area (Å²) in [5, 5.41) is 16.6. The lowest BCUT2D eigenvalue weighted by atomic mass is 10.2. The van der Waals surface area contributed by atoms with E-state index in [1.54, 1.807) is 26.1 Å². The lowest BCUT2D eigenvalue weighted by Crippen LogP contribution is -2.06. The number of hydrogen-bond acceptors (Lipinski definition) is 4. The maximum absolute atomic E-state index is 12.9. The number of nitrogens with zero attached hydrogens (tertiary/aromatic N) is 2. The first-order chi connectivity index (χ1) is 10.7. The van der Waals surface area contributed by atoms with Crippen molar-refractivity contribution in [1.82, 2.24) is 14.8 Å².